The molecule has 0 saturated carbocycles. The van der Waals surface area contributed by atoms with Crippen LogP contribution in [-0.4, -0.2) is 24.4 Å². The third-order valence-electron chi connectivity index (χ3n) is 3.27. The van der Waals surface area contributed by atoms with Crippen LogP contribution < -0.4 is 16.4 Å². The Balaban J connectivity index is 0.00000400. The van der Waals surface area contributed by atoms with Gasteiger partial charge in [-0.15, -0.1) is 12.4 Å². The SMILES string of the molecule is CCC(C)C(N)C(=O)NCCC(=O)Nc1ccccc1.Cl. The van der Waals surface area contributed by atoms with E-state index in [0.29, 0.717) is 6.54 Å². The molecular formula is C15H24ClN3O2. The molecule has 4 N–H and O–H groups in total. The third kappa shape index (κ3) is 7.11. The third-order valence-corrected chi connectivity index (χ3v) is 3.27. The predicted octanol–water partition coefficient (Wildman–Crippen LogP) is 1.93. The van der Waals surface area contributed by atoms with E-state index in [1.165, 1.54) is 0 Å². The fourth-order valence-corrected chi connectivity index (χ4v) is 1.67. The quantitative estimate of drug-likeness (QED) is 0.719. The van der Waals surface area contributed by atoms with Crippen molar-refractivity contribution in [3.05, 3.63) is 30.3 Å². The lowest BCUT2D eigenvalue weighted by Gasteiger charge is -2.17. The molecule has 0 radical (unpaired) electrons. The van der Waals surface area contributed by atoms with Crippen molar-refractivity contribution in [2.45, 2.75) is 32.7 Å². The molecule has 2 amide bonds. The zero-order chi connectivity index (χ0) is 15.0. The summed E-state index contributed by atoms with van der Waals surface area (Å²) >= 11 is 0. The summed E-state index contributed by atoms with van der Waals surface area (Å²) in [4.78, 5) is 23.4. The standard InChI is InChI=1S/C15H23N3O2.ClH/c1-3-11(2)14(16)15(20)17-10-9-13(19)18-12-7-5-4-6-8-12;/h4-8,11,14H,3,9-10,16H2,1-2H3,(H,17,20)(H,18,19);1H. The molecule has 118 valence electrons. The zero-order valence-corrected chi connectivity index (χ0v) is 13.3. The van der Waals surface area contributed by atoms with E-state index in [0.717, 1.165) is 12.1 Å². The molecule has 2 unspecified atom stereocenters. The first-order valence-corrected chi connectivity index (χ1v) is 6.92. The van der Waals surface area contributed by atoms with Crippen molar-refractivity contribution in [3.8, 4) is 0 Å². The van der Waals surface area contributed by atoms with Gasteiger partial charge in [-0.3, -0.25) is 9.59 Å². The number of anilines is 1. The van der Waals surface area contributed by atoms with Crippen LogP contribution in [0.5, 0.6) is 0 Å². The number of halogens is 1. The van der Waals surface area contributed by atoms with E-state index >= 15 is 0 Å². The fraction of sp³-hybridized carbons (Fsp3) is 0.467. The molecule has 0 aliphatic carbocycles. The zero-order valence-electron chi connectivity index (χ0n) is 12.5. The lowest BCUT2D eigenvalue weighted by atomic mass is 9.99. The van der Waals surface area contributed by atoms with Crippen molar-refractivity contribution in [2.24, 2.45) is 11.7 Å². The molecule has 5 nitrogen and oxygen atoms in total. The van der Waals surface area contributed by atoms with Gasteiger partial charge in [0.25, 0.3) is 0 Å². The van der Waals surface area contributed by atoms with Gasteiger partial charge in [0.2, 0.25) is 11.8 Å². The van der Waals surface area contributed by atoms with Crippen molar-refractivity contribution >= 4 is 29.9 Å². The number of benzene rings is 1. The van der Waals surface area contributed by atoms with E-state index in [1.54, 1.807) is 0 Å². The van der Waals surface area contributed by atoms with E-state index in [9.17, 15) is 9.59 Å². The second-order valence-corrected chi connectivity index (χ2v) is 4.87. The van der Waals surface area contributed by atoms with Gasteiger partial charge in [-0.25, -0.2) is 0 Å². The molecule has 0 aromatic heterocycles. The van der Waals surface area contributed by atoms with Gasteiger partial charge >= 0.3 is 0 Å². The second-order valence-electron chi connectivity index (χ2n) is 4.87. The number of hydrogen-bond donors (Lipinski definition) is 3. The van der Waals surface area contributed by atoms with Gasteiger partial charge in [0, 0.05) is 18.7 Å². The molecule has 0 heterocycles. The Labute approximate surface area is 132 Å². The number of nitrogens with one attached hydrogen (secondary N) is 2. The van der Waals surface area contributed by atoms with E-state index in [2.05, 4.69) is 10.6 Å². The molecular weight excluding hydrogens is 290 g/mol. The Morgan fingerprint density at radius 3 is 2.43 bits per heavy atom. The second kappa shape index (κ2) is 10.2. The minimum atomic E-state index is -0.516. The number of para-hydroxylation sites is 1. The normalized spacial score (nSPS) is 12.7. The first-order valence-electron chi connectivity index (χ1n) is 6.92. The van der Waals surface area contributed by atoms with Gasteiger partial charge < -0.3 is 16.4 Å². The molecule has 21 heavy (non-hydrogen) atoms. The van der Waals surface area contributed by atoms with Crippen LogP contribution in [0.1, 0.15) is 26.7 Å². The summed E-state index contributed by atoms with van der Waals surface area (Å²) in [7, 11) is 0. The van der Waals surface area contributed by atoms with Gasteiger partial charge in [-0.1, -0.05) is 38.5 Å². The monoisotopic (exact) mass is 313 g/mol. The minimum Gasteiger partial charge on any atom is -0.354 e. The topological polar surface area (TPSA) is 84.2 Å². The molecule has 6 heteroatoms. The number of carbonyl (C=O) groups excluding carboxylic acids is 2. The number of rotatable bonds is 7. The smallest absolute Gasteiger partial charge is 0.237 e. The molecule has 1 aromatic rings. The average molecular weight is 314 g/mol. The Bertz CT molecular complexity index is 440. The first kappa shape index (κ1) is 19.4. The summed E-state index contributed by atoms with van der Waals surface area (Å²) in [5.41, 5.74) is 6.55. The molecule has 0 spiro atoms. The van der Waals surface area contributed by atoms with Gasteiger partial charge in [-0.2, -0.15) is 0 Å². The van der Waals surface area contributed by atoms with Gasteiger partial charge in [-0.05, 0) is 18.1 Å². The van der Waals surface area contributed by atoms with E-state index in [-0.39, 0.29) is 36.6 Å². The largest absolute Gasteiger partial charge is 0.354 e. The molecule has 1 aromatic carbocycles. The van der Waals surface area contributed by atoms with Crippen LogP contribution in [0.3, 0.4) is 0 Å². The average Bonchev–Trinajstić information content (AvgIpc) is 2.46. The summed E-state index contributed by atoms with van der Waals surface area (Å²) < 4.78 is 0. The first-order chi connectivity index (χ1) is 9.54. The molecule has 0 saturated heterocycles. The maximum Gasteiger partial charge on any atom is 0.237 e. The van der Waals surface area contributed by atoms with Crippen LogP contribution in [-0.2, 0) is 9.59 Å². The van der Waals surface area contributed by atoms with Crippen LogP contribution in [0, 0.1) is 5.92 Å². The van der Waals surface area contributed by atoms with Crippen molar-refractivity contribution in [1.82, 2.24) is 5.32 Å². The lowest BCUT2D eigenvalue weighted by molar-refractivity contribution is -0.123. The number of hydrogen-bond acceptors (Lipinski definition) is 3. The van der Waals surface area contributed by atoms with Gasteiger partial charge in [0.05, 0.1) is 6.04 Å². The summed E-state index contributed by atoms with van der Waals surface area (Å²) in [5, 5.41) is 5.45. The Hall–Kier alpha value is -1.59. The van der Waals surface area contributed by atoms with Crippen LogP contribution in [0.4, 0.5) is 5.69 Å². The van der Waals surface area contributed by atoms with E-state index < -0.39 is 6.04 Å². The molecule has 0 bridgehead atoms. The van der Waals surface area contributed by atoms with Crippen LogP contribution in [0.2, 0.25) is 0 Å². The lowest BCUT2D eigenvalue weighted by Crippen LogP contribution is -2.45. The van der Waals surface area contributed by atoms with Gasteiger partial charge in [0.15, 0.2) is 0 Å². The maximum atomic E-state index is 11.7. The molecule has 2 atom stereocenters. The highest BCUT2D eigenvalue weighted by molar-refractivity contribution is 5.91. The summed E-state index contributed by atoms with van der Waals surface area (Å²) in [6.07, 6.45) is 1.08. The molecule has 0 aliphatic rings. The highest BCUT2D eigenvalue weighted by Gasteiger charge is 2.18. The number of nitrogens with two attached hydrogens (primary N) is 1. The maximum absolute atomic E-state index is 11.7. The Kier molecular flexibility index (Phi) is 9.41. The van der Waals surface area contributed by atoms with Gasteiger partial charge in [0.1, 0.15) is 0 Å². The van der Waals surface area contributed by atoms with E-state index in [4.69, 9.17) is 5.73 Å². The highest BCUT2D eigenvalue weighted by Crippen LogP contribution is 2.06. The Morgan fingerprint density at radius 2 is 1.86 bits per heavy atom. The van der Waals surface area contributed by atoms with Crippen molar-refractivity contribution < 1.29 is 9.59 Å². The van der Waals surface area contributed by atoms with Crippen molar-refractivity contribution in [2.75, 3.05) is 11.9 Å². The fourth-order valence-electron chi connectivity index (χ4n) is 1.67. The molecule has 1 rings (SSSR count). The molecule has 0 fully saturated rings. The number of carbonyl (C=O) groups is 2. The summed E-state index contributed by atoms with van der Waals surface area (Å²) in [6, 6.07) is 8.69. The Morgan fingerprint density at radius 1 is 1.24 bits per heavy atom. The van der Waals surface area contributed by atoms with E-state index in [1.807, 2.05) is 44.2 Å². The summed E-state index contributed by atoms with van der Waals surface area (Å²) in [5.74, 6) is -0.200. The number of amides is 2. The van der Waals surface area contributed by atoms with Crippen molar-refractivity contribution in [3.63, 3.8) is 0 Å². The van der Waals surface area contributed by atoms with Crippen LogP contribution in [0.25, 0.3) is 0 Å². The van der Waals surface area contributed by atoms with Crippen molar-refractivity contribution in [1.29, 1.82) is 0 Å². The van der Waals surface area contributed by atoms with Crippen LogP contribution >= 0.6 is 12.4 Å². The summed E-state index contributed by atoms with van der Waals surface area (Å²) in [6.45, 7) is 4.22. The van der Waals surface area contributed by atoms with Crippen LogP contribution in [0.15, 0.2) is 30.3 Å². The molecule has 0 aliphatic heterocycles. The predicted molar refractivity (Wildman–Crippen MR) is 87.4 cm³/mol. The minimum absolute atomic E-state index is 0. The highest BCUT2D eigenvalue weighted by atomic mass is 35.5.